The molecule has 0 aliphatic carbocycles. The van der Waals surface area contributed by atoms with E-state index in [1.807, 2.05) is 23.9 Å². The Morgan fingerprint density at radius 2 is 1.96 bits per heavy atom. The van der Waals surface area contributed by atoms with Gasteiger partial charge >= 0.3 is 0 Å². The summed E-state index contributed by atoms with van der Waals surface area (Å²) in [4.78, 5) is 16.1. The van der Waals surface area contributed by atoms with Gasteiger partial charge < -0.3 is 24.0 Å². The van der Waals surface area contributed by atoms with Crippen LogP contribution in [0.5, 0.6) is 0 Å². The summed E-state index contributed by atoms with van der Waals surface area (Å²) in [5.74, 6) is 0.862. The topological polar surface area (TPSA) is 51.2 Å². The van der Waals surface area contributed by atoms with Crippen LogP contribution in [-0.2, 0) is 19.0 Å². The number of nitrogens with zero attached hydrogens (tertiary/aromatic N) is 2. The molecule has 3 heterocycles. The van der Waals surface area contributed by atoms with Crippen LogP contribution in [0.3, 0.4) is 0 Å². The van der Waals surface area contributed by atoms with Gasteiger partial charge in [0.1, 0.15) is 0 Å². The van der Waals surface area contributed by atoms with Crippen molar-refractivity contribution in [3.63, 3.8) is 0 Å². The molecule has 6 nitrogen and oxygen atoms in total. The van der Waals surface area contributed by atoms with Gasteiger partial charge in [-0.1, -0.05) is 0 Å². The van der Waals surface area contributed by atoms with Gasteiger partial charge in [-0.3, -0.25) is 4.79 Å². The van der Waals surface area contributed by atoms with Crippen molar-refractivity contribution in [2.45, 2.75) is 43.8 Å². The molecule has 1 spiro atoms. The van der Waals surface area contributed by atoms with Gasteiger partial charge in [0, 0.05) is 32.7 Å². The lowest BCUT2D eigenvalue weighted by Crippen LogP contribution is -2.48. The first kappa shape index (κ1) is 18.1. The third-order valence-corrected chi connectivity index (χ3v) is 5.56. The molecule has 0 aromatic rings. The van der Waals surface area contributed by atoms with Crippen LogP contribution in [0.15, 0.2) is 0 Å². The molecule has 3 aliphatic rings. The van der Waals surface area contributed by atoms with E-state index in [2.05, 4.69) is 0 Å². The summed E-state index contributed by atoms with van der Waals surface area (Å²) in [7, 11) is 3.87. The van der Waals surface area contributed by atoms with Gasteiger partial charge in [-0.15, -0.1) is 0 Å². The molecule has 0 aromatic heterocycles. The summed E-state index contributed by atoms with van der Waals surface area (Å²) in [6.07, 6.45) is 5.29. The first-order valence-electron chi connectivity index (χ1n) is 9.32. The molecule has 6 heteroatoms. The average molecular weight is 340 g/mol. The van der Waals surface area contributed by atoms with Gasteiger partial charge in [-0.05, 0) is 45.7 Å². The molecule has 138 valence electrons. The van der Waals surface area contributed by atoms with E-state index < -0.39 is 0 Å². The van der Waals surface area contributed by atoms with E-state index in [0.29, 0.717) is 19.1 Å². The molecule has 1 atom stereocenters. The summed E-state index contributed by atoms with van der Waals surface area (Å²) >= 11 is 0. The highest BCUT2D eigenvalue weighted by Crippen LogP contribution is 2.37. The lowest BCUT2D eigenvalue weighted by atomic mass is 9.88. The van der Waals surface area contributed by atoms with E-state index in [9.17, 15) is 4.79 Å². The van der Waals surface area contributed by atoms with Crippen molar-refractivity contribution in [3.8, 4) is 0 Å². The fourth-order valence-corrected chi connectivity index (χ4v) is 3.98. The first-order valence-corrected chi connectivity index (χ1v) is 9.32. The standard InChI is InChI=1S/C18H32N2O4/c1-19(2)12-17(21)20-7-5-18(6-8-20)11-16(14-24-18)23-13-15-3-9-22-10-4-15/h15-16H,3-14H2,1-2H3. The minimum atomic E-state index is -0.0603. The predicted octanol–water partition coefficient (Wildman–Crippen LogP) is 1.14. The Hall–Kier alpha value is -0.690. The Labute approximate surface area is 145 Å². The van der Waals surface area contributed by atoms with Gasteiger partial charge in [0.05, 0.1) is 31.5 Å². The number of carbonyl (C=O) groups excluding carboxylic acids is 1. The van der Waals surface area contributed by atoms with Crippen molar-refractivity contribution < 1.29 is 19.0 Å². The van der Waals surface area contributed by atoms with Gasteiger partial charge in [0.25, 0.3) is 0 Å². The highest BCUT2D eigenvalue weighted by molar-refractivity contribution is 5.78. The van der Waals surface area contributed by atoms with Crippen LogP contribution in [0.25, 0.3) is 0 Å². The number of amides is 1. The number of rotatable bonds is 5. The number of likely N-dealkylation sites (N-methyl/N-ethyl adjacent to an activating group) is 1. The monoisotopic (exact) mass is 340 g/mol. The van der Waals surface area contributed by atoms with Gasteiger partial charge in [0.15, 0.2) is 0 Å². The maximum absolute atomic E-state index is 12.2. The Morgan fingerprint density at radius 3 is 2.62 bits per heavy atom. The first-order chi connectivity index (χ1) is 11.6. The molecule has 0 aromatic carbocycles. The Bertz CT molecular complexity index is 415. The van der Waals surface area contributed by atoms with E-state index in [4.69, 9.17) is 14.2 Å². The summed E-state index contributed by atoms with van der Waals surface area (Å²) in [5.41, 5.74) is -0.0603. The van der Waals surface area contributed by atoms with Crippen molar-refractivity contribution in [2.75, 3.05) is 60.2 Å². The number of piperidine rings is 1. The molecule has 1 unspecified atom stereocenters. The highest BCUT2D eigenvalue weighted by atomic mass is 16.6. The Balaban J connectivity index is 1.40. The molecule has 3 aliphatic heterocycles. The summed E-state index contributed by atoms with van der Waals surface area (Å²) in [6.45, 7) is 5.38. The smallest absolute Gasteiger partial charge is 0.236 e. The maximum Gasteiger partial charge on any atom is 0.236 e. The summed E-state index contributed by atoms with van der Waals surface area (Å²) < 4.78 is 17.7. The fraction of sp³-hybridized carbons (Fsp3) is 0.944. The van der Waals surface area contributed by atoms with Crippen molar-refractivity contribution in [2.24, 2.45) is 5.92 Å². The lowest BCUT2D eigenvalue weighted by molar-refractivity contribution is -0.136. The van der Waals surface area contributed by atoms with Crippen LogP contribution >= 0.6 is 0 Å². The molecular weight excluding hydrogens is 308 g/mol. The molecule has 3 fully saturated rings. The molecule has 0 bridgehead atoms. The lowest BCUT2D eigenvalue weighted by Gasteiger charge is -2.39. The molecule has 0 N–H and O–H groups in total. The van der Waals surface area contributed by atoms with E-state index in [1.54, 1.807) is 0 Å². The van der Waals surface area contributed by atoms with Crippen molar-refractivity contribution in [1.29, 1.82) is 0 Å². The van der Waals surface area contributed by atoms with Crippen molar-refractivity contribution >= 4 is 5.91 Å². The van der Waals surface area contributed by atoms with Gasteiger partial charge in [-0.2, -0.15) is 0 Å². The van der Waals surface area contributed by atoms with Crippen molar-refractivity contribution in [3.05, 3.63) is 0 Å². The van der Waals surface area contributed by atoms with Gasteiger partial charge in [-0.25, -0.2) is 0 Å². The number of hydrogen-bond donors (Lipinski definition) is 0. The molecule has 24 heavy (non-hydrogen) atoms. The van der Waals surface area contributed by atoms with Crippen LogP contribution in [-0.4, -0.2) is 87.6 Å². The minimum absolute atomic E-state index is 0.0603. The minimum Gasteiger partial charge on any atom is -0.381 e. The fourth-order valence-electron chi connectivity index (χ4n) is 3.98. The van der Waals surface area contributed by atoms with Crippen LogP contribution in [0.2, 0.25) is 0 Å². The second-order valence-electron chi connectivity index (χ2n) is 7.83. The Morgan fingerprint density at radius 1 is 1.25 bits per heavy atom. The highest BCUT2D eigenvalue weighted by Gasteiger charge is 2.43. The quantitative estimate of drug-likeness (QED) is 0.751. The number of likely N-dealkylation sites (tertiary alicyclic amines) is 1. The SMILES string of the molecule is CN(C)CC(=O)N1CCC2(CC1)CC(OCC1CCOCC1)CO2. The third-order valence-electron chi connectivity index (χ3n) is 5.56. The molecule has 3 rings (SSSR count). The van der Waals surface area contributed by atoms with E-state index >= 15 is 0 Å². The van der Waals surface area contributed by atoms with E-state index in [-0.39, 0.29) is 17.6 Å². The zero-order valence-corrected chi connectivity index (χ0v) is 15.2. The molecule has 0 radical (unpaired) electrons. The molecule has 0 saturated carbocycles. The normalized spacial score (nSPS) is 28.0. The number of carbonyl (C=O) groups is 1. The van der Waals surface area contributed by atoms with E-state index in [0.717, 1.165) is 65.0 Å². The van der Waals surface area contributed by atoms with Crippen LogP contribution in [0.1, 0.15) is 32.1 Å². The average Bonchev–Trinajstić information content (AvgIpc) is 2.97. The second-order valence-corrected chi connectivity index (χ2v) is 7.83. The summed E-state index contributed by atoms with van der Waals surface area (Å²) in [6, 6.07) is 0. The predicted molar refractivity (Wildman–Crippen MR) is 91.0 cm³/mol. The molecule has 1 amide bonds. The van der Waals surface area contributed by atoms with Gasteiger partial charge in [0.2, 0.25) is 5.91 Å². The van der Waals surface area contributed by atoms with Crippen LogP contribution < -0.4 is 0 Å². The summed E-state index contributed by atoms with van der Waals surface area (Å²) in [5, 5.41) is 0. The maximum atomic E-state index is 12.2. The largest absolute Gasteiger partial charge is 0.381 e. The number of ether oxygens (including phenoxy) is 3. The number of hydrogen-bond acceptors (Lipinski definition) is 5. The zero-order chi connectivity index (χ0) is 17.0. The second kappa shape index (κ2) is 8.13. The van der Waals surface area contributed by atoms with E-state index in [1.165, 1.54) is 0 Å². The zero-order valence-electron chi connectivity index (χ0n) is 15.2. The Kier molecular flexibility index (Phi) is 6.13. The molecule has 3 saturated heterocycles. The van der Waals surface area contributed by atoms with Crippen LogP contribution in [0.4, 0.5) is 0 Å². The third kappa shape index (κ3) is 4.69. The molecular formula is C18H32N2O4. The van der Waals surface area contributed by atoms with Crippen molar-refractivity contribution in [1.82, 2.24) is 9.80 Å². The van der Waals surface area contributed by atoms with Crippen LogP contribution in [0, 0.1) is 5.92 Å².